The summed E-state index contributed by atoms with van der Waals surface area (Å²) < 4.78 is 0. The van der Waals surface area contributed by atoms with Crippen molar-refractivity contribution in [2.75, 3.05) is 7.05 Å². The summed E-state index contributed by atoms with van der Waals surface area (Å²) in [4.78, 5) is 10.2. The summed E-state index contributed by atoms with van der Waals surface area (Å²) in [5.74, 6) is -0.0324. The molecule has 0 saturated heterocycles. The van der Waals surface area contributed by atoms with Crippen molar-refractivity contribution in [3.05, 3.63) is 0 Å². The van der Waals surface area contributed by atoms with Crippen LogP contribution in [-0.2, 0) is 4.79 Å². The Balaban J connectivity index is 3.17. The van der Waals surface area contributed by atoms with Gasteiger partial charge in [-0.15, -0.1) is 0 Å². The van der Waals surface area contributed by atoms with Crippen LogP contribution in [0.2, 0.25) is 0 Å². The van der Waals surface area contributed by atoms with E-state index in [-0.39, 0.29) is 5.91 Å². The Kier molecular flexibility index (Phi) is 3.50. The molecule has 0 aliphatic rings. The van der Waals surface area contributed by atoms with Crippen molar-refractivity contribution in [2.45, 2.75) is 6.42 Å². The van der Waals surface area contributed by atoms with Crippen molar-refractivity contribution in [1.29, 1.82) is 0 Å². The third-order valence-electron chi connectivity index (χ3n) is 0.548. The lowest BCUT2D eigenvalue weighted by Gasteiger charge is -1.87. The van der Waals surface area contributed by atoms with Crippen LogP contribution < -0.4 is 5.32 Å². The number of rotatable bonds is 2. The number of thiocarbonyl (C=S) groups is 1. The standard InChI is InChI=1S/C4H7NOS/c1-5-4(6)2-3-7/h3H,2H2,1H3,(H,5,6). The van der Waals surface area contributed by atoms with Gasteiger partial charge in [0.25, 0.3) is 0 Å². The molecule has 0 fully saturated rings. The Bertz CT molecular complexity index is 81.8. The highest BCUT2D eigenvalue weighted by Crippen LogP contribution is 1.69. The minimum absolute atomic E-state index is 0.0324. The van der Waals surface area contributed by atoms with Crippen molar-refractivity contribution in [3.8, 4) is 0 Å². The number of amides is 1. The molecule has 40 valence electrons. The first-order valence-electron chi connectivity index (χ1n) is 1.95. The molecule has 0 bridgehead atoms. The molecule has 0 aliphatic carbocycles. The molecular weight excluding hydrogens is 110 g/mol. The monoisotopic (exact) mass is 117 g/mol. The molecule has 7 heavy (non-hydrogen) atoms. The molecular formula is C4H7NOS. The van der Waals surface area contributed by atoms with Gasteiger partial charge in [-0.1, -0.05) is 12.2 Å². The van der Waals surface area contributed by atoms with E-state index in [9.17, 15) is 4.79 Å². The Morgan fingerprint density at radius 3 is 2.71 bits per heavy atom. The average molecular weight is 117 g/mol. The van der Waals surface area contributed by atoms with Gasteiger partial charge < -0.3 is 5.32 Å². The van der Waals surface area contributed by atoms with E-state index in [0.29, 0.717) is 6.42 Å². The van der Waals surface area contributed by atoms with Gasteiger partial charge in [0.1, 0.15) is 0 Å². The maximum Gasteiger partial charge on any atom is 0.224 e. The molecule has 0 saturated carbocycles. The van der Waals surface area contributed by atoms with Gasteiger partial charge in [0, 0.05) is 7.05 Å². The van der Waals surface area contributed by atoms with Gasteiger partial charge in [-0.05, 0) is 5.37 Å². The zero-order chi connectivity index (χ0) is 5.70. The molecule has 0 aromatic carbocycles. The molecule has 0 unspecified atom stereocenters. The number of carbonyl (C=O) groups is 1. The zero-order valence-corrected chi connectivity index (χ0v) is 4.92. The highest BCUT2D eigenvalue weighted by molar-refractivity contribution is 7.79. The molecule has 0 aliphatic heterocycles. The first-order chi connectivity index (χ1) is 3.31. The Labute approximate surface area is 47.9 Å². The topological polar surface area (TPSA) is 29.1 Å². The van der Waals surface area contributed by atoms with Gasteiger partial charge >= 0.3 is 0 Å². The summed E-state index contributed by atoms with van der Waals surface area (Å²) in [5, 5.41) is 3.83. The lowest BCUT2D eigenvalue weighted by molar-refractivity contribution is -0.119. The molecule has 1 N–H and O–H groups in total. The van der Waals surface area contributed by atoms with Gasteiger partial charge in [0.2, 0.25) is 5.91 Å². The fourth-order valence-electron chi connectivity index (χ4n) is 0.178. The van der Waals surface area contributed by atoms with Crippen molar-refractivity contribution >= 4 is 23.5 Å². The Morgan fingerprint density at radius 1 is 2.00 bits per heavy atom. The minimum atomic E-state index is -0.0324. The smallest absolute Gasteiger partial charge is 0.224 e. The summed E-state index contributed by atoms with van der Waals surface area (Å²) in [7, 11) is 1.58. The van der Waals surface area contributed by atoms with Gasteiger partial charge in [-0.2, -0.15) is 0 Å². The van der Waals surface area contributed by atoms with Crippen LogP contribution in [0.5, 0.6) is 0 Å². The van der Waals surface area contributed by atoms with E-state index in [1.165, 1.54) is 5.37 Å². The average Bonchev–Trinajstić information content (AvgIpc) is 1.68. The number of hydrogen-bond donors (Lipinski definition) is 1. The fraction of sp³-hybridized carbons (Fsp3) is 0.500. The van der Waals surface area contributed by atoms with Crippen LogP contribution in [0.15, 0.2) is 0 Å². The van der Waals surface area contributed by atoms with Crippen molar-refractivity contribution < 1.29 is 4.79 Å². The van der Waals surface area contributed by atoms with Crippen LogP contribution in [0, 0.1) is 0 Å². The summed E-state index contributed by atoms with van der Waals surface area (Å²) in [6, 6.07) is 0. The molecule has 0 heterocycles. The highest BCUT2D eigenvalue weighted by atomic mass is 32.1. The van der Waals surface area contributed by atoms with E-state index >= 15 is 0 Å². The second kappa shape index (κ2) is 3.74. The number of carbonyl (C=O) groups excluding carboxylic acids is 1. The Morgan fingerprint density at radius 2 is 2.57 bits per heavy atom. The second-order valence-corrected chi connectivity index (χ2v) is 1.38. The summed E-state index contributed by atoms with van der Waals surface area (Å²) in [6.45, 7) is 0. The van der Waals surface area contributed by atoms with Crippen LogP contribution in [0.25, 0.3) is 0 Å². The van der Waals surface area contributed by atoms with Crippen LogP contribution >= 0.6 is 12.2 Å². The highest BCUT2D eigenvalue weighted by Gasteiger charge is 1.88. The molecule has 0 aromatic heterocycles. The number of hydrogen-bond acceptors (Lipinski definition) is 2. The van der Waals surface area contributed by atoms with Gasteiger partial charge in [0.15, 0.2) is 0 Å². The zero-order valence-electron chi connectivity index (χ0n) is 4.10. The maximum absolute atomic E-state index is 10.2. The summed E-state index contributed by atoms with van der Waals surface area (Å²) in [6.07, 6.45) is 0.339. The van der Waals surface area contributed by atoms with E-state index in [1.807, 2.05) is 0 Å². The molecule has 0 radical (unpaired) electrons. The van der Waals surface area contributed by atoms with E-state index in [0.717, 1.165) is 0 Å². The lowest BCUT2D eigenvalue weighted by Crippen LogP contribution is -2.16. The first kappa shape index (κ1) is 6.56. The third kappa shape index (κ3) is 3.39. The Hall–Kier alpha value is -0.440. The molecule has 1 amide bonds. The van der Waals surface area contributed by atoms with E-state index in [4.69, 9.17) is 0 Å². The van der Waals surface area contributed by atoms with Crippen LogP contribution in [0.1, 0.15) is 6.42 Å². The molecule has 0 rings (SSSR count). The van der Waals surface area contributed by atoms with Gasteiger partial charge in [0.05, 0.1) is 6.42 Å². The minimum Gasteiger partial charge on any atom is -0.359 e. The largest absolute Gasteiger partial charge is 0.359 e. The predicted octanol–water partition coefficient (Wildman–Crippen LogP) is 0.122. The fourth-order valence-corrected chi connectivity index (χ4v) is 0.329. The van der Waals surface area contributed by atoms with Crippen molar-refractivity contribution in [3.63, 3.8) is 0 Å². The van der Waals surface area contributed by atoms with Crippen molar-refractivity contribution in [2.24, 2.45) is 0 Å². The molecule has 0 spiro atoms. The second-order valence-electron chi connectivity index (χ2n) is 1.04. The van der Waals surface area contributed by atoms with Gasteiger partial charge in [-0.3, -0.25) is 4.79 Å². The first-order valence-corrected chi connectivity index (χ1v) is 2.42. The van der Waals surface area contributed by atoms with Crippen LogP contribution in [0.4, 0.5) is 0 Å². The van der Waals surface area contributed by atoms with E-state index < -0.39 is 0 Å². The molecule has 2 nitrogen and oxygen atoms in total. The summed E-state index contributed by atoms with van der Waals surface area (Å²) in [5.41, 5.74) is 0. The normalized spacial score (nSPS) is 7.57. The quantitative estimate of drug-likeness (QED) is 0.520. The SMILES string of the molecule is CNC(=O)CC=S. The number of nitrogens with one attached hydrogen (secondary N) is 1. The predicted molar refractivity (Wildman–Crippen MR) is 32.3 cm³/mol. The third-order valence-corrected chi connectivity index (χ3v) is 0.714. The maximum atomic E-state index is 10.2. The van der Waals surface area contributed by atoms with E-state index in [2.05, 4.69) is 17.5 Å². The molecule has 3 heteroatoms. The van der Waals surface area contributed by atoms with Crippen molar-refractivity contribution in [1.82, 2.24) is 5.32 Å². The summed E-state index contributed by atoms with van der Waals surface area (Å²) >= 11 is 4.41. The van der Waals surface area contributed by atoms with E-state index in [1.54, 1.807) is 7.05 Å². The van der Waals surface area contributed by atoms with Gasteiger partial charge in [-0.25, -0.2) is 0 Å². The van der Waals surface area contributed by atoms with Crippen LogP contribution in [-0.4, -0.2) is 18.3 Å². The molecule has 0 aromatic rings. The van der Waals surface area contributed by atoms with Crippen LogP contribution in [0.3, 0.4) is 0 Å². The molecule has 0 atom stereocenters. The lowest BCUT2D eigenvalue weighted by atomic mass is 10.5.